The third-order valence-electron chi connectivity index (χ3n) is 3.36. The molecule has 1 unspecified atom stereocenters. The van der Waals surface area contributed by atoms with Crippen LogP contribution in [-0.2, 0) is 15.3 Å². The number of carboxylic acid groups (broad SMARTS) is 1. The molecule has 0 bridgehead atoms. The molecule has 0 aliphatic carbocycles. The lowest BCUT2D eigenvalue weighted by molar-refractivity contribution is -0.133. The van der Waals surface area contributed by atoms with Crippen molar-refractivity contribution < 1.29 is 19.4 Å². The predicted molar refractivity (Wildman–Crippen MR) is 100 cm³/mol. The Labute approximate surface area is 151 Å². The number of aryl methyl sites for hydroxylation is 1. The molecule has 0 aliphatic heterocycles. The summed E-state index contributed by atoms with van der Waals surface area (Å²) >= 11 is 1.31. The van der Waals surface area contributed by atoms with E-state index in [4.69, 9.17) is 9.84 Å². The van der Waals surface area contributed by atoms with Crippen molar-refractivity contribution >= 4 is 29.3 Å². The summed E-state index contributed by atoms with van der Waals surface area (Å²) in [6, 6.07) is 14.9. The summed E-state index contributed by atoms with van der Waals surface area (Å²) < 4.78 is 5.67. The Hall–Kier alpha value is -2.47. The summed E-state index contributed by atoms with van der Waals surface area (Å²) in [5.74, 6) is 0.207. The highest BCUT2D eigenvalue weighted by Crippen LogP contribution is 2.18. The first-order valence-electron chi connectivity index (χ1n) is 7.86. The molecule has 0 fully saturated rings. The summed E-state index contributed by atoms with van der Waals surface area (Å²) in [6.45, 7) is 3.66. The van der Waals surface area contributed by atoms with Gasteiger partial charge in [-0.3, -0.25) is 9.59 Å². The molecule has 0 aliphatic rings. The Kier molecular flexibility index (Phi) is 6.89. The molecule has 5 nitrogen and oxygen atoms in total. The van der Waals surface area contributed by atoms with Gasteiger partial charge in [0.05, 0.1) is 5.75 Å². The number of hydrogen-bond donors (Lipinski definition) is 2. The van der Waals surface area contributed by atoms with Gasteiger partial charge in [0.25, 0.3) is 5.91 Å². The molecule has 2 rings (SSSR count). The third kappa shape index (κ3) is 6.51. The van der Waals surface area contributed by atoms with Crippen LogP contribution in [0.3, 0.4) is 0 Å². The molecule has 1 amide bonds. The van der Waals surface area contributed by atoms with Crippen molar-refractivity contribution in [2.75, 3.05) is 11.1 Å². The fourth-order valence-corrected chi connectivity index (χ4v) is 2.88. The number of carbonyl (C=O) groups excluding carboxylic acids is 1. The number of thioether (sulfide) groups is 1. The number of anilines is 1. The van der Waals surface area contributed by atoms with Crippen LogP contribution in [0, 0.1) is 6.92 Å². The maximum atomic E-state index is 12.3. The van der Waals surface area contributed by atoms with Crippen molar-refractivity contribution in [1.82, 2.24) is 0 Å². The number of benzene rings is 2. The van der Waals surface area contributed by atoms with Crippen molar-refractivity contribution in [2.24, 2.45) is 0 Å². The van der Waals surface area contributed by atoms with E-state index in [1.54, 1.807) is 13.0 Å². The molecule has 1 atom stereocenters. The zero-order chi connectivity index (χ0) is 18.2. The molecule has 6 heteroatoms. The summed E-state index contributed by atoms with van der Waals surface area (Å²) in [5.41, 5.74) is 2.69. The van der Waals surface area contributed by atoms with Crippen LogP contribution in [0.1, 0.15) is 18.1 Å². The fourth-order valence-electron chi connectivity index (χ4n) is 2.19. The molecule has 0 radical (unpaired) electrons. The van der Waals surface area contributed by atoms with E-state index in [0.29, 0.717) is 17.2 Å². The minimum Gasteiger partial charge on any atom is -0.481 e. The highest BCUT2D eigenvalue weighted by atomic mass is 32.2. The van der Waals surface area contributed by atoms with Gasteiger partial charge < -0.3 is 15.2 Å². The molecule has 0 heterocycles. The zero-order valence-electron chi connectivity index (χ0n) is 14.2. The van der Waals surface area contributed by atoms with Crippen molar-refractivity contribution in [2.45, 2.75) is 25.7 Å². The lowest BCUT2D eigenvalue weighted by Crippen LogP contribution is -2.30. The highest BCUT2D eigenvalue weighted by molar-refractivity contribution is 7.99. The Bertz CT molecular complexity index is 748. The second-order valence-corrected chi connectivity index (χ2v) is 6.64. The van der Waals surface area contributed by atoms with Crippen LogP contribution in [0.2, 0.25) is 0 Å². The van der Waals surface area contributed by atoms with Crippen molar-refractivity contribution in [3.63, 3.8) is 0 Å². The molecule has 0 saturated carbocycles. The summed E-state index contributed by atoms with van der Waals surface area (Å²) in [4.78, 5) is 22.9. The quantitative estimate of drug-likeness (QED) is 0.751. The molecular formula is C19H21NO4S. The molecule has 0 aromatic heterocycles. The largest absolute Gasteiger partial charge is 0.481 e. The fraction of sp³-hybridized carbons (Fsp3) is 0.263. The summed E-state index contributed by atoms with van der Waals surface area (Å²) in [5, 5.41) is 11.5. The van der Waals surface area contributed by atoms with Crippen molar-refractivity contribution in [3.05, 3.63) is 59.7 Å². The average Bonchev–Trinajstić information content (AvgIpc) is 2.55. The molecule has 25 heavy (non-hydrogen) atoms. The molecule has 132 valence electrons. The lowest BCUT2D eigenvalue weighted by atomic mass is 10.2. The van der Waals surface area contributed by atoms with Gasteiger partial charge in [0.1, 0.15) is 5.75 Å². The lowest BCUT2D eigenvalue weighted by Gasteiger charge is -2.15. The van der Waals surface area contributed by atoms with Crippen LogP contribution in [0.5, 0.6) is 5.75 Å². The third-order valence-corrected chi connectivity index (χ3v) is 4.35. The first-order chi connectivity index (χ1) is 11.9. The minimum atomic E-state index is -0.837. The monoisotopic (exact) mass is 359 g/mol. The standard InChI is InChI=1S/C19H21NO4S/c1-13-5-3-8-17(9-13)24-14(2)19(23)20-16-7-4-6-15(10-16)11-25-12-18(21)22/h3-10,14H,11-12H2,1-2H3,(H,20,23)(H,21,22). The van der Waals surface area contributed by atoms with E-state index in [2.05, 4.69) is 5.32 Å². The molecule has 0 spiro atoms. The van der Waals surface area contributed by atoms with Gasteiger partial charge in [-0.1, -0.05) is 24.3 Å². The van der Waals surface area contributed by atoms with Crippen molar-refractivity contribution in [1.29, 1.82) is 0 Å². The van der Waals surface area contributed by atoms with Crippen LogP contribution in [0.15, 0.2) is 48.5 Å². The molecule has 0 saturated heterocycles. The minimum absolute atomic E-state index is 0.0535. The SMILES string of the molecule is Cc1cccc(OC(C)C(=O)Nc2cccc(CSCC(=O)O)c2)c1. The van der Waals surface area contributed by atoms with Gasteiger partial charge in [-0.15, -0.1) is 11.8 Å². The number of amides is 1. The Morgan fingerprint density at radius 2 is 1.96 bits per heavy atom. The van der Waals surface area contributed by atoms with Gasteiger partial charge in [-0.05, 0) is 49.2 Å². The highest BCUT2D eigenvalue weighted by Gasteiger charge is 2.15. The average molecular weight is 359 g/mol. The van der Waals surface area contributed by atoms with Gasteiger partial charge in [0.2, 0.25) is 0 Å². The normalized spacial score (nSPS) is 11.6. The number of ether oxygens (including phenoxy) is 1. The van der Waals surface area contributed by atoms with Crippen LogP contribution < -0.4 is 10.1 Å². The first kappa shape index (κ1) is 18.9. The summed E-state index contributed by atoms with van der Waals surface area (Å²) in [6.07, 6.45) is -0.633. The number of hydrogen-bond acceptors (Lipinski definition) is 4. The number of carbonyl (C=O) groups is 2. The topological polar surface area (TPSA) is 75.6 Å². The van der Waals surface area contributed by atoms with Gasteiger partial charge in [-0.25, -0.2) is 0 Å². The number of aliphatic carboxylic acids is 1. The van der Waals surface area contributed by atoms with Crippen LogP contribution in [0.25, 0.3) is 0 Å². The zero-order valence-corrected chi connectivity index (χ0v) is 15.0. The van der Waals surface area contributed by atoms with Gasteiger partial charge >= 0.3 is 5.97 Å². The second kappa shape index (κ2) is 9.13. The van der Waals surface area contributed by atoms with Crippen LogP contribution >= 0.6 is 11.8 Å². The number of rotatable bonds is 8. The maximum Gasteiger partial charge on any atom is 0.313 e. The van der Waals surface area contributed by atoms with E-state index >= 15 is 0 Å². The van der Waals surface area contributed by atoms with Crippen LogP contribution in [-0.4, -0.2) is 28.8 Å². The van der Waals surface area contributed by atoms with Gasteiger partial charge in [-0.2, -0.15) is 0 Å². The van der Waals surface area contributed by atoms with E-state index in [9.17, 15) is 9.59 Å². The second-order valence-electron chi connectivity index (χ2n) is 5.65. The van der Waals surface area contributed by atoms with E-state index in [0.717, 1.165) is 11.1 Å². The molecule has 2 aromatic carbocycles. The molecule has 2 N–H and O–H groups in total. The number of nitrogens with one attached hydrogen (secondary N) is 1. The molecular weight excluding hydrogens is 338 g/mol. The molecule has 2 aromatic rings. The van der Waals surface area contributed by atoms with E-state index in [-0.39, 0.29) is 11.7 Å². The predicted octanol–water partition coefficient (Wildman–Crippen LogP) is 3.72. The van der Waals surface area contributed by atoms with Gasteiger partial charge in [0.15, 0.2) is 6.10 Å². The smallest absolute Gasteiger partial charge is 0.313 e. The van der Waals surface area contributed by atoms with Crippen LogP contribution in [0.4, 0.5) is 5.69 Å². The van der Waals surface area contributed by atoms with Gasteiger partial charge in [0, 0.05) is 11.4 Å². The Balaban J connectivity index is 1.91. The summed E-state index contributed by atoms with van der Waals surface area (Å²) in [7, 11) is 0. The maximum absolute atomic E-state index is 12.3. The van der Waals surface area contributed by atoms with E-state index < -0.39 is 12.1 Å². The van der Waals surface area contributed by atoms with E-state index in [1.807, 2.05) is 49.4 Å². The van der Waals surface area contributed by atoms with E-state index in [1.165, 1.54) is 11.8 Å². The number of carboxylic acids is 1. The Morgan fingerprint density at radius 3 is 2.68 bits per heavy atom. The Morgan fingerprint density at radius 1 is 1.20 bits per heavy atom. The first-order valence-corrected chi connectivity index (χ1v) is 9.02. The van der Waals surface area contributed by atoms with Crippen molar-refractivity contribution in [3.8, 4) is 5.75 Å².